The molecule has 306 valence electrons. The molecule has 0 aliphatic heterocycles. The van der Waals surface area contributed by atoms with E-state index in [-0.39, 0.29) is 69.6 Å². The fourth-order valence-electron chi connectivity index (χ4n) is 7.46. The van der Waals surface area contributed by atoms with Crippen molar-refractivity contribution in [3.8, 4) is 57.5 Å². The highest BCUT2D eigenvalue weighted by Gasteiger charge is 2.24. The number of ether oxygens (including phenoxy) is 6. The number of rotatable bonds is 19. The Morgan fingerprint density at radius 1 is 0.414 bits per heavy atom. The second-order valence-electron chi connectivity index (χ2n) is 14.2. The lowest BCUT2D eigenvalue weighted by molar-refractivity contribution is -0.135. The van der Waals surface area contributed by atoms with Gasteiger partial charge in [-0.05, 0) is 73.5 Å². The van der Waals surface area contributed by atoms with Gasteiger partial charge >= 0.3 is 11.9 Å². The van der Waals surface area contributed by atoms with Gasteiger partial charge in [-0.1, -0.05) is 51.4 Å². The van der Waals surface area contributed by atoms with Crippen LogP contribution in [-0.4, -0.2) is 60.8 Å². The SMILES string of the molecule is COc1ccc2c(O)c3c(OC(=O)CCCCCCCCCCCCC(=O)Oc4c(OC)ccc5c(O)c6cc(OC)ccc6c(O)c45)c(OC)ccc3c(O)c2c1. The van der Waals surface area contributed by atoms with Crippen molar-refractivity contribution in [2.24, 2.45) is 0 Å². The van der Waals surface area contributed by atoms with Crippen molar-refractivity contribution < 1.29 is 58.4 Å². The molecule has 0 aromatic heterocycles. The molecular formula is C46H50O12. The Balaban J connectivity index is 0.905. The van der Waals surface area contributed by atoms with Gasteiger partial charge in [-0.2, -0.15) is 0 Å². The molecule has 6 rings (SSSR count). The molecular weight excluding hydrogens is 744 g/mol. The average Bonchev–Trinajstić information content (AvgIpc) is 3.24. The van der Waals surface area contributed by atoms with Crippen molar-refractivity contribution in [3.05, 3.63) is 60.7 Å². The lowest BCUT2D eigenvalue weighted by Gasteiger charge is -2.16. The zero-order valence-electron chi connectivity index (χ0n) is 33.3. The van der Waals surface area contributed by atoms with Crippen LogP contribution in [0.15, 0.2) is 60.7 Å². The maximum absolute atomic E-state index is 12.9. The summed E-state index contributed by atoms with van der Waals surface area (Å²) in [6.45, 7) is 0. The molecule has 6 aromatic carbocycles. The highest BCUT2D eigenvalue weighted by molar-refractivity contribution is 6.15. The number of phenolic OH excluding ortho intramolecular Hbond substituents is 4. The zero-order chi connectivity index (χ0) is 41.3. The predicted octanol–water partition coefficient (Wildman–Crippen LogP) is 10.3. The number of unbranched alkanes of at least 4 members (excludes halogenated alkanes) is 9. The van der Waals surface area contributed by atoms with E-state index in [2.05, 4.69) is 0 Å². The van der Waals surface area contributed by atoms with Gasteiger partial charge in [0.15, 0.2) is 23.0 Å². The summed E-state index contributed by atoms with van der Waals surface area (Å²) >= 11 is 0. The second kappa shape index (κ2) is 18.8. The number of carbonyl (C=O) groups is 2. The van der Waals surface area contributed by atoms with Crippen LogP contribution in [0.4, 0.5) is 0 Å². The molecule has 12 nitrogen and oxygen atoms in total. The first-order valence-electron chi connectivity index (χ1n) is 19.6. The minimum absolute atomic E-state index is 0.0645. The molecule has 4 N–H and O–H groups in total. The number of hydrogen-bond donors (Lipinski definition) is 4. The first-order chi connectivity index (χ1) is 28.1. The van der Waals surface area contributed by atoms with E-state index in [0.717, 1.165) is 51.4 Å². The third-order valence-corrected chi connectivity index (χ3v) is 10.6. The Kier molecular flexibility index (Phi) is 13.4. The molecule has 0 amide bonds. The Hall–Kier alpha value is -6.30. The summed E-state index contributed by atoms with van der Waals surface area (Å²) in [5.74, 6) is 0.419. The van der Waals surface area contributed by atoms with Crippen LogP contribution in [0, 0.1) is 0 Å². The smallest absolute Gasteiger partial charge is 0.311 e. The number of aromatic hydroxyl groups is 4. The highest BCUT2D eigenvalue weighted by atomic mass is 16.6. The lowest BCUT2D eigenvalue weighted by Crippen LogP contribution is -2.09. The summed E-state index contributed by atoms with van der Waals surface area (Å²) < 4.78 is 33.0. The van der Waals surface area contributed by atoms with Gasteiger partial charge in [-0.3, -0.25) is 9.59 Å². The van der Waals surface area contributed by atoms with E-state index >= 15 is 0 Å². The van der Waals surface area contributed by atoms with Gasteiger partial charge in [-0.15, -0.1) is 0 Å². The maximum atomic E-state index is 12.9. The second-order valence-corrected chi connectivity index (χ2v) is 14.2. The number of benzene rings is 6. The maximum Gasteiger partial charge on any atom is 0.311 e. The van der Waals surface area contributed by atoms with Crippen LogP contribution in [-0.2, 0) is 9.59 Å². The first kappa shape index (κ1) is 41.3. The minimum atomic E-state index is -0.452. The van der Waals surface area contributed by atoms with Gasteiger partial charge in [0.05, 0.1) is 39.2 Å². The van der Waals surface area contributed by atoms with Crippen LogP contribution >= 0.6 is 0 Å². The number of methoxy groups -OCH3 is 4. The van der Waals surface area contributed by atoms with Crippen LogP contribution in [0.5, 0.6) is 57.5 Å². The molecule has 0 saturated carbocycles. The van der Waals surface area contributed by atoms with E-state index in [9.17, 15) is 30.0 Å². The van der Waals surface area contributed by atoms with E-state index in [4.69, 9.17) is 28.4 Å². The number of fused-ring (bicyclic) bond motifs is 4. The van der Waals surface area contributed by atoms with Gasteiger partial charge in [0.2, 0.25) is 0 Å². The summed E-state index contributed by atoms with van der Waals surface area (Å²) in [6.07, 6.45) is 9.62. The largest absolute Gasteiger partial charge is 0.507 e. The van der Waals surface area contributed by atoms with E-state index in [1.165, 1.54) is 28.4 Å². The van der Waals surface area contributed by atoms with Crippen molar-refractivity contribution in [1.82, 2.24) is 0 Å². The molecule has 6 aromatic rings. The van der Waals surface area contributed by atoms with Gasteiger partial charge in [0, 0.05) is 45.2 Å². The third kappa shape index (κ3) is 8.66. The normalized spacial score (nSPS) is 11.3. The van der Waals surface area contributed by atoms with Crippen molar-refractivity contribution in [1.29, 1.82) is 0 Å². The molecule has 0 atom stereocenters. The van der Waals surface area contributed by atoms with Gasteiger partial charge < -0.3 is 48.8 Å². The Labute approximate surface area is 336 Å². The Bertz CT molecular complexity index is 2280. The van der Waals surface area contributed by atoms with E-state index < -0.39 is 11.9 Å². The van der Waals surface area contributed by atoms with Crippen molar-refractivity contribution in [2.45, 2.75) is 77.0 Å². The predicted molar refractivity (Wildman–Crippen MR) is 222 cm³/mol. The third-order valence-electron chi connectivity index (χ3n) is 10.6. The molecule has 12 heteroatoms. The molecule has 0 bridgehead atoms. The van der Waals surface area contributed by atoms with Crippen molar-refractivity contribution in [3.63, 3.8) is 0 Å². The molecule has 0 aliphatic carbocycles. The van der Waals surface area contributed by atoms with Crippen molar-refractivity contribution >= 4 is 55.0 Å². The number of phenols is 4. The quantitative estimate of drug-likeness (QED) is 0.0201. The van der Waals surface area contributed by atoms with Crippen LogP contribution in [0.25, 0.3) is 43.1 Å². The molecule has 0 spiro atoms. The molecule has 0 heterocycles. The Morgan fingerprint density at radius 2 is 0.759 bits per heavy atom. The number of carbonyl (C=O) groups excluding carboxylic acids is 2. The zero-order valence-corrected chi connectivity index (χ0v) is 33.3. The first-order valence-corrected chi connectivity index (χ1v) is 19.6. The molecule has 0 radical (unpaired) electrons. The van der Waals surface area contributed by atoms with Crippen molar-refractivity contribution in [2.75, 3.05) is 28.4 Å². The van der Waals surface area contributed by atoms with Crippen LogP contribution in [0.1, 0.15) is 77.0 Å². The van der Waals surface area contributed by atoms with Crippen LogP contribution < -0.4 is 28.4 Å². The molecule has 0 aliphatic rings. The molecule has 0 unspecified atom stereocenters. The highest BCUT2D eigenvalue weighted by Crippen LogP contribution is 2.51. The van der Waals surface area contributed by atoms with E-state index in [1.807, 2.05) is 0 Å². The van der Waals surface area contributed by atoms with E-state index in [1.54, 1.807) is 60.7 Å². The minimum Gasteiger partial charge on any atom is -0.507 e. The molecule has 0 saturated heterocycles. The molecule has 58 heavy (non-hydrogen) atoms. The topological polar surface area (TPSA) is 170 Å². The van der Waals surface area contributed by atoms with E-state index in [0.29, 0.717) is 56.7 Å². The number of hydrogen-bond acceptors (Lipinski definition) is 12. The summed E-state index contributed by atoms with van der Waals surface area (Å²) in [5, 5.41) is 47.2. The summed E-state index contributed by atoms with van der Waals surface area (Å²) in [5.41, 5.74) is 0. The van der Waals surface area contributed by atoms with Gasteiger partial charge in [-0.25, -0.2) is 0 Å². The fraction of sp³-hybridized carbons (Fsp3) is 0.348. The lowest BCUT2D eigenvalue weighted by atomic mass is 9.99. The van der Waals surface area contributed by atoms with Crippen LogP contribution in [0.3, 0.4) is 0 Å². The monoisotopic (exact) mass is 794 g/mol. The standard InChI is InChI=1S/C46H50O12/c1-53-27-17-19-29-33(25-27)41(49)31-21-23-35(55-3)45(39(31)43(29)51)57-37(47)15-13-11-9-7-5-6-8-10-12-14-16-38(48)58-46-36(56-4)24-22-32-40(46)44(52)30-20-18-28(54-2)26-34(30)42(32)50/h17-26,49-52H,5-16H2,1-4H3. The van der Waals surface area contributed by atoms with Crippen LogP contribution in [0.2, 0.25) is 0 Å². The fourth-order valence-corrected chi connectivity index (χ4v) is 7.46. The number of esters is 2. The van der Waals surface area contributed by atoms with Gasteiger partial charge in [0.1, 0.15) is 34.5 Å². The average molecular weight is 795 g/mol. The summed E-state index contributed by atoms with van der Waals surface area (Å²) in [7, 11) is 5.94. The van der Waals surface area contributed by atoms with Gasteiger partial charge in [0.25, 0.3) is 0 Å². The summed E-state index contributed by atoms with van der Waals surface area (Å²) in [6, 6.07) is 16.3. The summed E-state index contributed by atoms with van der Waals surface area (Å²) in [4.78, 5) is 25.9. The molecule has 0 fully saturated rings. The Morgan fingerprint density at radius 3 is 1.10 bits per heavy atom.